The van der Waals surface area contributed by atoms with Gasteiger partial charge in [-0.05, 0) is 0 Å². The van der Waals surface area contributed by atoms with E-state index in [1.807, 2.05) is 0 Å². The van der Waals surface area contributed by atoms with Gasteiger partial charge in [0, 0.05) is 30.8 Å². The van der Waals surface area contributed by atoms with Gasteiger partial charge in [0.15, 0.2) is 5.69 Å². The first-order valence-corrected chi connectivity index (χ1v) is 6.63. The van der Waals surface area contributed by atoms with Gasteiger partial charge >= 0.3 is 6.18 Å². The maximum atomic E-state index is 12.6. The molecule has 1 aliphatic heterocycles. The quantitative estimate of drug-likeness (QED) is 0.818. The van der Waals surface area contributed by atoms with Crippen molar-refractivity contribution in [3.63, 3.8) is 0 Å². The number of aromatic nitrogens is 2. The Morgan fingerprint density at radius 1 is 1.41 bits per heavy atom. The largest absolute Gasteiger partial charge is 0.435 e. The Bertz CT molecular complexity index is 535. The van der Waals surface area contributed by atoms with E-state index >= 15 is 0 Å². The summed E-state index contributed by atoms with van der Waals surface area (Å²) in [5.41, 5.74) is -0.743. The number of alkyl halides is 3. The van der Waals surface area contributed by atoms with Crippen molar-refractivity contribution in [1.82, 2.24) is 14.5 Å². The minimum atomic E-state index is -4.56. The molecule has 96 valence electrons. The molecular formula is C8H10F3N3O2S. The van der Waals surface area contributed by atoms with Crippen LogP contribution in [0, 0.1) is 0 Å². The number of nitrogens with zero attached hydrogens (tertiary/aromatic N) is 2. The first kappa shape index (κ1) is 12.4. The lowest BCUT2D eigenvalue weighted by molar-refractivity contribution is -0.142. The summed E-state index contributed by atoms with van der Waals surface area (Å²) in [6, 6.07) is 0. The SMILES string of the molecule is CS(=O)(=O)N1CCc2[nH]nc(C(F)(F)F)c2C1. The number of nitrogens with one attached hydrogen (secondary N) is 1. The van der Waals surface area contributed by atoms with Gasteiger partial charge in [-0.15, -0.1) is 0 Å². The van der Waals surface area contributed by atoms with Crippen LogP contribution in [0.3, 0.4) is 0 Å². The highest BCUT2D eigenvalue weighted by atomic mass is 32.2. The monoisotopic (exact) mass is 269 g/mol. The minimum absolute atomic E-state index is 0.0748. The van der Waals surface area contributed by atoms with Crippen molar-refractivity contribution in [3.05, 3.63) is 17.0 Å². The second kappa shape index (κ2) is 3.70. The van der Waals surface area contributed by atoms with Crippen molar-refractivity contribution in [2.75, 3.05) is 12.8 Å². The van der Waals surface area contributed by atoms with Crippen LogP contribution in [0.5, 0.6) is 0 Å². The molecule has 1 aromatic rings. The molecule has 17 heavy (non-hydrogen) atoms. The van der Waals surface area contributed by atoms with Crippen molar-refractivity contribution >= 4 is 10.0 Å². The molecule has 0 atom stereocenters. The number of fused-ring (bicyclic) bond motifs is 1. The zero-order valence-corrected chi connectivity index (χ0v) is 9.69. The lowest BCUT2D eigenvalue weighted by atomic mass is 10.1. The zero-order valence-electron chi connectivity index (χ0n) is 8.87. The van der Waals surface area contributed by atoms with Crippen LogP contribution in [-0.4, -0.2) is 35.7 Å². The summed E-state index contributed by atoms with van der Waals surface area (Å²) in [5, 5.41) is 5.53. The Morgan fingerprint density at radius 2 is 2.06 bits per heavy atom. The van der Waals surface area contributed by atoms with Gasteiger partial charge in [-0.1, -0.05) is 0 Å². The van der Waals surface area contributed by atoms with E-state index in [0.29, 0.717) is 5.69 Å². The van der Waals surface area contributed by atoms with Crippen LogP contribution in [0.15, 0.2) is 0 Å². The third-order valence-electron chi connectivity index (χ3n) is 2.64. The molecule has 0 fully saturated rings. The van der Waals surface area contributed by atoms with Gasteiger partial charge in [0.1, 0.15) is 0 Å². The van der Waals surface area contributed by atoms with E-state index < -0.39 is 21.9 Å². The van der Waals surface area contributed by atoms with E-state index in [2.05, 4.69) is 10.2 Å². The molecule has 0 aromatic carbocycles. The van der Waals surface area contributed by atoms with Gasteiger partial charge in [0.05, 0.1) is 6.26 Å². The summed E-state index contributed by atoms with van der Waals surface area (Å²) in [4.78, 5) is 0. The number of rotatable bonds is 1. The highest BCUT2D eigenvalue weighted by Gasteiger charge is 2.40. The third-order valence-corrected chi connectivity index (χ3v) is 3.89. The van der Waals surface area contributed by atoms with Gasteiger partial charge < -0.3 is 0 Å². The lowest BCUT2D eigenvalue weighted by Crippen LogP contribution is -2.35. The smallest absolute Gasteiger partial charge is 0.282 e. The van der Waals surface area contributed by atoms with Crippen LogP contribution in [0.25, 0.3) is 0 Å². The fraction of sp³-hybridized carbons (Fsp3) is 0.625. The van der Waals surface area contributed by atoms with Crippen LogP contribution >= 0.6 is 0 Å². The summed E-state index contributed by atoms with van der Waals surface area (Å²) < 4.78 is 61.3. The number of aromatic amines is 1. The average Bonchev–Trinajstić information content (AvgIpc) is 2.57. The molecule has 0 saturated carbocycles. The molecule has 0 radical (unpaired) electrons. The van der Waals surface area contributed by atoms with Gasteiger partial charge in [-0.3, -0.25) is 5.10 Å². The van der Waals surface area contributed by atoms with Gasteiger partial charge in [0.2, 0.25) is 10.0 Å². The molecular weight excluding hydrogens is 259 g/mol. The highest BCUT2D eigenvalue weighted by Crippen LogP contribution is 2.34. The Hall–Kier alpha value is -1.09. The number of H-pyrrole nitrogens is 1. The fourth-order valence-electron chi connectivity index (χ4n) is 1.79. The predicted molar refractivity (Wildman–Crippen MR) is 52.5 cm³/mol. The maximum Gasteiger partial charge on any atom is 0.435 e. The average molecular weight is 269 g/mol. The molecule has 1 aliphatic rings. The molecule has 0 bridgehead atoms. The number of hydrogen-bond donors (Lipinski definition) is 1. The molecule has 0 aliphatic carbocycles. The number of hydrogen-bond acceptors (Lipinski definition) is 3. The second-order valence-corrected chi connectivity index (χ2v) is 5.86. The molecule has 0 unspecified atom stereocenters. The topological polar surface area (TPSA) is 66.1 Å². The van der Waals surface area contributed by atoms with Crippen molar-refractivity contribution in [1.29, 1.82) is 0 Å². The van der Waals surface area contributed by atoms with Crippen LogP contribution in [0.1, 0.15) is 17.0 Å². The molecule has 2 rings (SSSR count). The molecule has 1 aromatic heterocycles. The minimum Gasteiger partial charge on any atom is -0.282 e. The predicted octanol–water partition coefficient (Wildman–Crippen LogP) is 0.746. The normalized spacial score (nSPS) is 18.1. The third kappa shape index (κ3) is 2.29. The fourth-order valence-corrected chi connectivity index (χ4v) is 2.57. The highest BCUT2D eigenvalue weighted by molar-refractivity contribution is 7.88. The Kier molecular flexibility index (Phi) is 2.69. The van der Waals surface area contributed by atoms with E-state index in [1.54, 1.807) is 0 Å². The summed E-state index contributed by atoms with van der Waals surface area (Å²) in [5.74, 6) is 0. The van der Waals surface area contributed by atoms with Gasteiger partial charge in [0.25, 0.3) is 0 Å². The summed E-state index contributed by atoms with van der Waals surface area (Å²) >= 11 is 0. The number of sulfonamides is 1. The van der Waals surface area contributed by atoms with Crippen LogP contribution in [-0.2, 0) is 29.2 Å². The summed E-state index contributed by atoms with van der Waals surface area (Å²) in [7, 11) is -3.48. The molecule has 0 amide bonds. The van der Waals surface area contributed by atoms with E-state index in [9.17, 15) is 21.6 Å². The van der Waals surface area contributed by atoms with Crippen molar-refractivity contribution in [2.24, 2.45) is 0 Å². The Balaban J connectivity index is 2.40. The standard InChI is InChI=1S/C8H10F3N3O2S/c1-17(15,16)14-3-2-6-5(4-14)7(13-12-6)8(9,10)11/h2-4H2,1H3,(H,12,13). The molecule has 2 heterocycles. The molecule has 1 N–H and O–H groups in total. The van der Waals surface area contributed by atoms with E-state index in [0.717, 1.165) is 10.6 Å². The summed E-state index contributed by atoms with van der Waals surface area (Å²) in [6.07, 6.45) is -3.37. The first-order valence-electron chi connectivity index (χ1n) is 4.78. The van der Waals surface area contributed by atoms with E-state index in [4.69, 9.17) is 0 Å². The molecule has 0 saturated heterocycles. The van der Waals surface area contributed by atoms with Crippen LogP contribution in [0.2, 0.25) is 0 Å². The van der Waals surface area contributed by atoms with Gasteiger partial charge in [-0.25, -0.2) is 8.42 Å². The van der Waals surface area contributed by atoms with Crippen molar-refractivity contribution in [3.8, 4) is 0 Å². The van der Waals surface area contributed by atoms with Crippen molar-refractivity contribution < 1.29 is 21.6 Å². The molecule has 0 spiro atoms. The number of halogens is 3. The second-order valence-electron chi connectivity index (χ2n) is 3.87. The lowest BCUT2D eigenvalue weighted by Gasteiger charge is -2.24. The van der Waals surface area contributed by atoms with Crippen molar-refractivity contribution in [2.45, 2.75) is 19.1 Å². The Morgan fingerprint density at radius 3 is 2.59 bits per heavy atom. The first-order chi connectivity index (χ1) is 7.69. The van der Waals surface area contributed by atoms with Crippen LogP contribution < -0.4 is 0 Å². The Labute approximate surface area is 95.7 Å². The van der Waals surface area contributed by atoms with Gasteiger partial charge in [-0.2, -0.15) is 22.6 Å². The molecule has 9 heteroatoms. The summed E-state index contributed by atoms with van der Waals surface area (Å²) in [6.45, 7) is -0.106. The van der Waals surface area contributed by atoms with E-state index in [-0.39, 0.29) is 25.1 Å². The molecule has 5 nitrogen and oxygen atoms in total. The van der Waals surface area contributed by atoms with E-state index in [1.165, 1.54) is 0 Å². The van der Waals surface area contributed by atoms with Crippen LogP contribution in [0.4, 0.5) is 13.2 Å². The maximum absolute atomic E-state index is 12.6. The zero-order chi connectivity index (χ0) is 12.8.